The number of benzene rings is 2. The Kier molecular flexibility index (Phi) is 9.55. The molecule has 0 saturated carbocycles. The van der Waals surface area contributed by atoms with E-state index in [1.54, 1.807) is 37.3 Å². The first-order valence-electron chi connectivity index (χ1n) is 12.9. The molecule has 1 aliphatic rings. The van der Waals surface area contributed by atoms with Gasteiger partial charge in [0.1, 0.15) is 5.00 Å². The van der Waals surface area contributed by atoms with Crippen LogP contribution < -0.4 is 10.6 Å². The van der Waals surface area contributed by atoms with E-state index in [2.05, 4.69) is 31.4 Å². The predicted molar refractivity (Wildman–Crippen MR) is 165 cm³/mol. The van der Waals surface area contributed by atoms with Crippen LogP contribution in [0.4, 0.5) is 10.7 Å². The van der Waals surface area contributed by atoms with E-state index in [1.807, 2.05) is 6.07 Å². The molecule has 40 heavy (non-hydrogen) atoms. The summed E-state index contributed by atoms with van der Waals surface area (Å²) >= 11 is 14.9. The molecule has 0 spiro atoms. The topological polar surface area (TPSA) is 84.5 Å². The molecule has 212 valence electrons. The number of hydrogen-bond donors (Lipinski definition) is 2. The number of ether oxygens (including phenoxy) is 1. The first-order valence-corrected chi connectivity index (χ1v) is 15.4. The Balaban J connectivity index is 1.46. The summed E-state index contributed by atoms with van der Waals surface area (Å²) in [7, 11) is 1.36. The summed E-state index contributed by atoms with van der Waals surface area (Å²) in [4.78, 5) is 40.6. The molecular weight excluding hydrogens is 587 g/mol. The van der Waals surface area contributed by atoms with Crippen molar-refractivity contribution in [3.8, 4) is 0 Å². The SMILES string of the molecule is COC(=O)c1c(NC(=O)C(C)Sc2cccc(NC(=O)c3ccc(Cl)cc3Cl)c2)sc2c1CCC(C(C)(C)C)C2. The van der Waals surface area contributed by atoms with E-state index >= 15 is 0 Å². The molecule has 10 heteroatoms. The van der Waals surface area contributed by atoms with Crippen LogP contribution >= 0.6 is 46.3 Å². The second-order valence-corrected chi connectivity index (χ2v) is 14.2. The fourth-order valence-corrected chi connectivity index (χ4v) is 7.46. The van der Waals surface area contributed by atoms with Gasteiger partial charge >= 0.3 is 5.97 Å². The van der Waals surface area contributed by atoms with Gasteiger partial charge in [0.2, 0.25) is 5.91 Å². The zero-order valence-electron chi connectivity index (χ0n) is 23.0. The molecule has 1 aliphatic carbocycles. The number of rotatable bonds is 7. The fourth-order valence-electron chi connectivity index (χ4n) is 4.72. The van der Waals surface area contributed by atoms with Crippen molar-refractivity contribution in [1.82, 2.24) is 0 Å². The summed E-state index contributed by atoms with van der Waals surface area (Å²) in [6.45, 7) is 8.53. The lowest BCUT2D eigenvalue weighted by Gasteiger charge is -2.33. The highest BCUT2D eigenvalue weighted by atomic mass is 35.5. The minimum Gasteiger partial charge on any atom is -0.465 e. The molecule has 2 amide bonds. The van der Waals surface area contributed by atoms with Crippen molar-refractivity contribution in [3.63, 3.8) is 0 Å². The standard InChI is InChI=1S/C30H32Cl2N2O4S2/c1-16(39-20-8-6-7-19(15-20)33-27(36)21-12-10-18(31)14-23(21)32)26(35)34-28-25(29(37)38-5)22-11-9-17(30(2,3)4)13-24(22)40-28/h6-8,10,12,14-17H,9,11,13H2,1-5H3,(H,33,36)(H,34,35). The maximum atomic E-state index is 13.3. The maximum absolute atomic E-state index is 13.3. The second kappa shape index (κ2) is 12.6. The molecule has 2 unspecified atom stereocenters. The van der Waals surface area contributed by atoms with Crippen LogP contribution in [0.2, 0.25) is 10.0 Å². The fraction of sp³-hybridized carbons (Fsp3) is 0.367. The zero-order valence-corrected chi connectivity index (χ0v) is 26.2. The van der Waals surface area contributed by atoms with E-state index in [9.17, 15) is 14.4 Å². The number of fused-ring (bicyclic) bond motifs is 1. The van der Waals surface area contributed by atoms with E-state index in [1.165, 1.54) is 36.3 Å². The summed E-state index contributed by atoms with van der Waals surface area (Å²) in [5.74, 6) is -0.499. The molecule has 2 N–H and O–H groups in total. The van der Waals surface area contributed by atoms with Crippen LogP contribution in [0.25, 0.3) is 0 Å². The summed E-state index contributed by atoms with van der Waals surface area (Å²) < 4.78 is 5.09. The summed E-state index contributed by atoms with van der Waals surface area (Å²) in [5.41, 5.74) is 2.52. The lowest BCUT2D eigenvalue weighted by molar-refractivity contribution is -0.115. The molecule has 0 radical (unpaired) electrons. The molecule has 0 fully saturated rings. The molecule has 1 heterocycles. The quantitative estimate of drug-likeness (QED) is 0.205. The summed E-state index contributed by atoms with van der Waals surface area (Å²) in [6, 6.07) is 11.9. The van der Waals surface area contributed by atoms with Crippen LogP contribution in [0.5, 0.6) is 0 Å². The average molecular weight is 620 g/mol. The Morgan fingerprint density at radius 2 is 1.85 bits per heavy atom. The number of methoxy groups -OCH3 is 1. The van der Waals surface area contributed by atoms with Gasteiger partial charge in [-0.05, 0) is 79.5 Å². The Labute approximate surface area is 253 Å². The average Bonchev–Trinajstić information content (AvgIpc) is 3.24. The van der Waals surface area contributed by atoms with Crippen molar-refractivity contribution >= 4 is 74.8 Å². The first kappa shape index (κ1) is 30.4. The predicted octanol–water partition coefficient (Wildman–Crippen LogP) is 8.36. The Morgan fingerprint density at radius 3 is 2.52 bits per heavy atom. The monoisotopic (exact) mass is 618 g/mol. The van der Waals surface area contributed by atoms with E-state index in [0.717, 1.165) is 34.6 Å². The number of anilines is 2. The molecule has 0 bridgehead atoms. The van der Waals surface area contributed by atoms with E-state index in [4.69, 9.17) is 27.9 Å². The van der Waals surface area contributed by atoms with Crippen molar-refractivity contribution in [2.75, 3.05) is 17.7 Å². The van der Waals surface area contributed by atoms with Gasteiger partial charge in [-0.15, -0.1) is 23.1 Å². The third kappa shape index (κ3) is 7.03. The van der Waals surface area contributed by atoms with E-state index < -0.39 is 11.2 Å². The van der Waals surface area contributed by atoms with Crippen molar-refractivity contribution in [2.45, 2.75) is 57.1 Å². The number of thioether (sulfide) groups is 1. The molecule has 2 atom stereocenters. The number of esters is 1. The van der Waals surface area contributed by atoms with Gasteiger partial charge in [-0.2, -0.15) is 0 Å². The zero-order chi connectivity index (χ0) is 29.2. The molecule has 6 nitrogen and oxygen atoms in total. The number of amides is 2. The van der Waals surface area contributed by atoms with Crippen LogP contribution in [0.15, 0.2) is 47.4 Å². The van der Waals surface area contributed by atoms with Gasteiger partial charge in [-0.25, -0.2) is 4.79 Å². The van der Waals surface area contributed by atoms with Gasteiger partial charge in [0.15, 0.2) is 0 Å². The van der Waals surface area contributed by atoms with Gasteiger partial charge in [0.05, 0.1) is 28.5 Å². The summed E-state index contributed by atoms with van der Waals surface area (Å²) in [6.07, 6.45) is 2.67. The highest BCUT2D eigenvalue weighted by molar-refractivity contribution is 8.00. The number of halogens is 2. The Hall–Kier alpha value is -2.52. The highest BCUT2D eigenvalue weighted by Gasteiger charge is 2.34. The van der Waals surface area contributed by atoms with Gasteiger partial charge in [-0.3, -0.25) is 9.59 Å². The lowest BCUT2D eigenvalue weighted by Crippen LogP contribution is -2.26. The number of carbonyl (C=O) groups excluding carboxylic acids is 3. The minimum atomic E-state index is -0.469. The van der Waals surface area contributed by atoms with Gasteiger partial charge in [0.25, 0.3) is 5.91 Å². The molecule has 0 saturated heterocycles. The number of hydrogen-bond acceptors (Lipinski definition) is 6. The van der Waals surface area contributed by atoms with E-state index in [0.29, 0.717) is 32.8 Å². The number of nitrogens with one attached hydrogen (secondary N) is 2. The third-order valence-electron chi connectivity index (χ3n) is 7.07. The molecule has 0 aliphatic heterocycles. The van der Waals surface area contributed by atoms with Crippen molar-refractivity contribution in [3.05, 3.63) is 74.1 Å². The normalized spacial score (nSPS) is 15.6. The van der Waals surface area contributed by atoms with Crippen molar-refractivity contribution in [1.29, 1.82) is 0 Å². The molecule has 3 aromatic rings. The van der Waals surface area contributed by atoms with Gasteiger partial charge in [-0.1, -0.05) is 50.0 Å². The van der Waals surface area contributed by atoms with Crippen LogP contribution in [-0.2, 0) is 22.4 Å². The Morgan fingerprint density at radius 1 is 1.10 bits per heavy atom. The lowest BCUT2D eigenvalue weighted by atomic mass is 9.72. The van der Waals surface area contributed by atoms with Crippen LogP contribution in [0.3, 0.4) is 0 Å². The minimum absolute atomic E-state index is 0.163. The largest absolute Gasteiger partial charge is 0.465 e. The smallest absolute Gasteiger partial charge is 0.341 e. The Bertz CT molecular complexity index is 1450. The van der Waals surface area contributed by atoms with Crippen LogP contribution in [0, 0.1) is 11.3 Å². The van der Waals surface area contributed by atoms with Gasteiger partial charge in [0, 0.05) is 20.5 Å². The summed E-state index contributed by atoms with van der Waals surface area (Å²) in [5, 5.41) is 6.62. The second-order valence-electron chi connectivity index (χ2n) is 10.9. The van der Waals surface area contributed by atoms with Crippen LogP contribution in [-0.4, -0.2) is 30.1 Å². The third-order valence-corrected chi connectivity index (χ3v) is 9.88. The number of thiophene rings is 1. The number of carbonyl (C=O) groups is 3. The molecular formula is C30H32Cl2N2O4S2. The molecule has 1 aromatic heterocycles. The molecule has 2 aromatic carbocycles. The van der Waals surface area contributed by atoms with Crippen molar-refractivity contribution < 1.29 is 19.1 Å². The highest BCUT2D eigenvalue weighted by Crippen LogP contribution is 2.44. The van der Waals surface area contributed by atoms with E-state index in [-0.39, 0.29) is 22.3 Å². The van der Waals surface area contributed by atoms with Crippen molar-refractivity contribution in [2.24, 2.45) is 11.3 Å². The maximum Gasteiger partial charge on any atom is 0.341 e. The van der Waals surface area contributed by atoms with Gasteiger partial charge < -0.3 is 15.4 Å². The van der Waals surface area contributed by atoms with Crippen LogP contribution in [0.1, 0.15) is 65.3 Å². The molecule has 4 rings (SSSR count). The first-order chi connectivity index (χ1) is 18.9.